The topological polar surface area (TPSA) is 103 Å². The first-order valence-corrected chi connectivity index (χ1v) is 8.48. The van der Waals surface area contributed by atoms with Crippen LogP contribution in [0.4, 0.5) is 0 Å². The van der Waals surface area contributed by atoms with Gasteiger partial charge in [0.15, 0.2) is 5.69 Å². The van der Waals surface area contributed by atoms with E-state index in [1.807, 2.05) is 37.3 Å². The van der Waals surface area contributed by atoms with Crippen molar-refractivity contribution in [3.8, 4) is 0 Å². The fourth-order valence-corrected chi connectivity index (χ4v) is 3.07. The van der Waals surface area contributed by atoms with Crippen LogP contribution in [0, 0.1) is 5.92 Å². The van der Waals surface area contributed by atoms with Crippen LogP contribution in [0.25, 0.3) is 0 Å². The molecule has 0 aliphatic heterocycles. The molecule has 0 bridgehead atoms. The number of aromatic carboxylic acids is 1. The number of thiazole rings is 1. The fraction of sp³-hybridized carbons (Fsp3) is 0.353. The van der Waals surface area contributed by atoms with E-state index in [9.17, 15) is 9.59 Å². The molecule has 6 nitrogen and oxygen atoms in total. The number of esters is 1. The van der Waals surface area contributed by atoms with Crippen LogP contribution in [0.15, 0.2) is 35.7 Å². The minimum atomic E-state index is -1.11. The molecule has 1 unspecified atom stereocenters. The standard InChI is InChI=1S/C17H20N2O4S/c1-11(8-18)7-13(15-19-14(10-24-15)16(20)21)17(22)23-9-12-5-3-2-4-6-12/h2-6,10-11,13H,7-9,18H2,1H3,(H,20,21)/t11?,13-/m1/s1. The molecule has 0 aliphatic carbocycles. The van der Waals surface area contributed by atoms with E-state index < -0.39 is 17.9 Å². The molecule has 3 N–H and O–H groups in total. The first-order valence-electron chi connectivity index (χ1n) is 7.60. The third-order valence-electron chi connectivity index (χ3n) is 3.59. The Bertz CT molecular complexity index is 687. The quantitative estimate of drug-likeness (QED) is 0.711. The molecule has 2 aromatic rings. The molecule has 2 atom stereocenters. The summed E-state index contributed by atoms with van der Waals surface area (Å²) < 4.78 is 5.40. The van der Waals surface area contributed by atoms with Crippen LogP contribution in [0.1, 0.15) is 40.3 Å². The molecule has 1 aromatic carbocycles. The Morgan fingerprint density at radius 2 is 2.04 bits per heavy atom. The van der Waals surface area contributed by atoms with Crippen molar-refractivity contribution in [1.82, 2.24) is 4.98 Å². The highest BCUT2D eigenvalue weighted by Gasteiger charge is 2.28. The lowest BCUT2D eigenvalue weighted by Gasteiger charge is -2.17. The van der Waals surface area contributed by atoms with Gasteiger partial charge in [0.1, 0.15) is 17.5 Å². The summed E-state index contributed by atoms with van der Waals surface area (Å²) >= 11 is 1.15. The molecular formula is C17H20N2O4S. The maximum absolute atomic E-state index is 12.5. The Morgan fingerprint density at radius 1 is 1.33 bits per heavy atom. The number of hydrogen-bond donors (Lipinski definition) is 2. The Kier molecular flexibility index (Phi) is 6.45. The van der Waals surface area contributed by atoms with Crippen LogP contribution >= 0.6 is 11.3 Å². The SMILES string of the molecule is CC(CN)C[C@@H](C(=O)OCc1ccccc1)c1nc(C(=O)O)cs1. The molecule has 0 saturated heterocycles. The summed E-state index contributed by atoms with van der Waals surface area (Å²) in [5.41, 5.74) is 6.49. The molecule has 128 valence electrons. The molecule has 1 aromatic heterocycles. The van der Waals surface area contributed by atoms with E-state index in [0.29, 0.717) is 18.0 Å². The number of benzene rings is 1. The zero-order chi connectivity index (χ0) is 17.5. The molecular weight excluding hydrogens is 328 g/mol. The Labute approximate surface area is 144 Å². The van der Waals surface area contributed by atoms with Crippen molar-refractivity contribution in [3.05, 3.63) is 52.0 Å². The van der Waals surface area contributed by atoms with Gasteiger partial charge in [-0.05, 0) is 24.4 Å². The van der Waals surface area contributed by atoms with Gasteiger partial charge in [-0.15, -0.1) is 11.3 Å². The van der Waals surface area contributed by atoms with Crippen LogP contribution in [-0.2, 0) is 16.1 Å². The number of nitrogens with two attached hydrogens (primary N) is 1. The molecule has 0 spiro atoms. The molecule has 7 heteroatoms. The molecule has 0 fully saturated rings. The summed E-state index contributed by atoms with van der Waals surface area (Å²) in [5, 5.41) is 10.9. The average molecular weight is 348 g/mol. The van der Waals surface area contributed by atoms with Crippen LogP contribution < -0.4 is 5.73 Å². The number of aromatic nitrogens is 1. The highest BCUT2D eigenvalue weighted by Crippen LogP contribution is 2.28. The fourth-order valence-electron chi connectivity index (χ4n) is 2.17. The van der Waals surface area contributed by atoms with E-state index in [1.54, 1.807) is 0 Å². The van der Waals surface area contributed by atoms with Crippen LogP contribution in [-0.4, -0.2) is 28.6 Å². The molecule has 2 rings (SSSR count). The highest BCUT2D eigenvalue weighted by atomic mass is 32.1. The number of nitrogens with zero attached hydrogens (tertiary/aromatic N) is 1. The molecule has 24 heavy (non-hydrogen) atoms. The normalized spacial score (nSPS) is 13.2. The van der Waals surface area contributed by atoms with E-state index in [1.165, 1.54) is 5.38 Å². The number of carboxylic acids is 1. The lowest BCUT2D eigenvalue weighted by Crippen LogP contribution is -2.22. The van der Waals surface area contributed by atoms with Gasteiger partial charge in [-0.3, -0.25) is 4.79 Å². The van der Waals surface area contributed by atoms with Gasteiger partial charge in [0.25, 0.3) is 0 Å². The van der Waals surface area contributed by atoms with Gasteiger partial charge in [-0.25, -0.2) is 9.78 Å². The Morgan fingerprint density at radius 3 is 2.62 bits per heavy atom. The van der Waals surface area contributed by atoms with Gasteiger partial charge < -0.3 is 15.6 Å². The predicted octanol–water partition coefficient (Wildman–Crippen LogP) is 2.65. The van der Waals surface area contributed by atoms with E-state index >= 15 is 0 Å². The van der Waals surface area contributed by atoms with Gasteiger partial charge in [0, 0.05) is 5.38 Å². The highest BCUT2D eigenvalue weighted by molar-refractivity contribution is 7.10. The summed E-state index contributed by atoms with van der Waals surface area (Å²) in [6.07, 6.45) is 0.469. The summed E-state index contributed by atoms with van der Waals surface area (Å²) in [6, 6.07) is 9.38. The van der Waals surface area contributed by atoms with Crippen molar-refractivity contribution in [3.63, 3.8) is 0 Å². The average Bonchev–Trinajstić information content (AvgIpc) is 3.08. The van der Waals surface area contributed by atoms with Crippen molar-refractivity contribution >= 4 is 23.3 Å². The van der Waals surface area contributed by atoms with Gasteiger partial charge >= 0.3 is 11.9 Å². The van der Waals surface area contributed by atoms with Crippen molar-refractivity contribution in [2.75, 3.05) is 6.54 Å². The van der Waals surface area contributed by atoms with Gasteiger partial charge in [0.2, 0.25) is 0 Å². The molecule has 1 heterocycles. The van der Waals surface area contributed by atoms with Crippen LogP contribution in [0.5, 0.6) is 0 Å². The molecule has 0 aliphatic rings. The summed E-state index contributed by atoms with van der Waals surface area (Å²) in [5.74, 6) is -2.03. The maximum Gasteiger partial charge on any atom is 0.355 e. The maximum atomic E-state index is 12.5. The van der Waals surface area contributed by atoms with Gasteiger partial charge in [0.05, 0.1) is 0 Å². The zero-order valence-electron chi connectivity index (χ0n) is 13.3. The second kappa shape index (κ2) is 8.56. The van der Waals surface area contributed by atoms with E-state index in [-0.39, 0.29) is 18.2 Å². The first kappa shape index (κ1) is 18.1. The van der Waals surface area contributed by atoms with Crippen molar-refractivity contribution in [2.45, 2.75) is 25.9 Å². The van der Waals surface area contributed by atoms with Gasteiger partial charge in [-0.2, -0.15) is 0 Å². The summed E-state index contributed by atoms with van der Waals surface area (Å²) in [7, 11) is 0. The second-order valence-electron chi connectivity index (χ2n) is 5.60. The number of ether oxygens (including phenoxy) is 1. The number of carbonyl (C=O) groups is 2. The molecule has 0 radical (unpaired) electrons. The minimum Gasteiger partial charge on any atom is -0.476 e. The number of carbonyl (C=O) groups excluding carboxylic acids is 1. The monoisotopic (exact) mass is 348 g/mol. The number of rotatable bonds is 8. The molecule has 0 saturated carbocycles. The van der Waals surface area contributed by atoms with E-state index in [4.69, 9.17) is 15.6 Å². The van der Waals surface area contributed by atoms with E-state index in [0.717, 1.165) is 16.9 Å². The Hall–Kier alpha value is -2.25. The van der Waals surface area contributed by atoms with Crippen molar-refractivity contribution < 1.29 is 19.4 Å². The summed E-state index contributed by atoms with van der Waals surface area (Å²) in [6.45, 7) is 2.53. The first-order chi connectivity index (χ1) is 11.5. The Balaban J connectivity index is 2.11. The number of hydrogen-bond acceptors (Lipinski definition) is 6. The predicted molar refractivity (Wildman–Crippen MR) is 90.9 cm³/mol. The second-order valence-corrected chi connectivity index (χ2v) is 6.49. The lowest BCUT2D eigenvalue weighted by molar-refractivity contribution is -0.147. The molecule has 0 amide bonds. The number of carboxylic acid groups (broad SMARTS) is 1. The van der Waals surface area contributed by atoms with Gasteiger partial charge in [-0.1, -0.05) is 37.3 Å². The minimum absolute atomic E-state index is 0.0590. The third-order valence-corrected chi connectivity index (χ3v) is 4.55. The van der Waals surface area contributed by atoms with Crippen LogP contribution in [0.3, 0.4) is 0 Å². The van der Waals surface area contributed by atoms with Crippen molar-refractivity contribution in [2.24, 2.45) is 11.7 Å². The summed E-state index contributed by atoms with van der Waals surface area (Å²) in [4.78, 5) is 27.6. The van der Waals surface area contributed by atoms with Crippen LogP contribution in [0.2, 0.25) is 0 Å². The zero-order valence-corrected chi connectivity index (χ0v) is 14.2. The van der Waals surface area contributed by atoms with Crippen molar-refractivity contribution in [1.29, 1.82) is 0 Å². The third kappa shape index (κ3) is 4.87. The lowest BCUT2D eigenvalue weighted by atomic mass is 9.96. The largest absolute Gasteiger partial charge is 0.476 e. The van der Waals surface area contributed by atoms with E-state index in [2.05, 4.69) is 4.98 Å². The smallest absolute Gasteiger partial charge is 0.355 e.